The van der Waals surface area contributed by atoms with Crippen molar-refractivity contribution in [3.8, 4) is 5.75 Å². The van der Waals surface area contributed by atoms with Crippen molar-refractivity contribution in [3.05, 3.63) is 94.0 Å². The van der Waals surface area contributed by atoms with Crippen LogP contribution in [0.2, 0.25) is 10.0 Å². The van der Waals surface area contributed by atoms with E-state index in [9.17, 15) is 9.59 Å². The van der Waals surface area contributed by atoms with E-state index in [0.29, 0.717) is 27.2 Å². The molecule has 2 N–H and O–H groups in total. The average Bonchev–Trinajstić information content (AvgIpc) is 2.80. The van der Waals surface area contributed by atoms with Crippen LogP contribution in [0.5, 0.6) is 5.75 Å². The lowest BCUT2D eigenvalue weighted by Gasteiger charge is -2.08. The molecule has 0 saturated carbocycles. The normalized spacial score (nSPS) is 10.7. The summed E-state index contributed by atoms with van der Waals surface area (Å²) in [6, 6.07) is 21.4. The van der Waals surface area contributed by atoms with Gasteiger partial charge in [0.05, 0.1) is 12.0 Å². The molecule has 0 aliphatic carbocycles. The topological polar surface area (TPSA) is 79.8 Å². The Morgan fingerprint density at radius 1 is 0.970 bits per heavy atom. The van der Waals surface area contributed by atoms with Gasteiger partial charge < -0.3 is 10.1 Å². The zero-order chi connectivity index (χ0) is 23.5. The maximum Gasteiger partial charge on any atom is 0.262 e. The first-order valence-electron chi connectivity index (χ1n) is 9.91. The van der Waals surface area contributed by atoms with E-state index in [1.54, 1.807) is 48.5 Å². The number of halogens is 2. The summed E-state index contributed by atoms with van der Waals surface area (Å²) in [5.74, 6) is 0.961. The lowest BCUT2D eigenvalue weighted by atomic mass is 10.2. The van der Waals surface area contributed by atoms with Crippen LogP contribution in [-0.2, 0) is 15.3 Å². The minimum absolute atomic E-state index is 0.137. The third-order valence-corrected chi connectivity index (χ3v) is 5.80. The van der Waals surface area contributed by atoms with Crippen molar-refractivity contribution < 1.29 is 14.3 Å². The summed E-state index contributed by atoms with van der Waals surface area (Å²) in [5.41, 5.74) is 4.86. The number of hydrogen-bond donors (Lipinski definition) is 2. The van der Waals surface area contributed by atoms with Gasteiger partial charge in [-0.3, -0.25) is 9.59 Å². The number of carbonyl (C=O) groups excluding carboxylic acids is 2. The van der Waals surface area contributed by atoms with E-state index in [1.165, 1.54) is 18.0 Å². The fraction of sp³-hybridized carbons (Fsp3) is 0.125. The second kappa shape index (κ2) is 12.9. The van der Waals surface area contributed by atoms with Gasteiger partial charge in [0.15, 0.2) is 6.61 Å². The van der Waals surface area contributed by atoms with Crippen LogP contribution in [0.25, 0.3) is 0 Å². The van der Waals surface area contributed by atoms with Crippen molar-refractivity contribution in [1.29, 1.82) is 0 Å². The van der Waals surface area contributed by atoms with Crippen molar-refractivity contribution in [2.45, 2.75) is 5.75 Å². The first-order chi connectivity index (χ1) is 16.0. The minimum Gasteiger partial charge on any atom is -0.484 e. The summed E-state index contributed by atoms with van der Waals surface area (Å²) in [6.45, 7) is -0.137. The molecule has 6 nitrogen and oxygen atoms in total. The van der Waals surface area contributed by atoms with Gasteiger partial charge in [0.1, 0.15) is 5.75 Å². The van der Waals surface area contributed by atoms with Crippen LogP contribution < -0.4 is 15.5 Å². The number of nitrogens with zero attached hydrogens (tertiary/aromatic N) is 1. The van der Waals surface area contributed by atoms with E-state index >= 15 is 0 Å². The second-order valence-corrected chi connectivity index (χ2v) is 8.62. The smallest absolute Gasteiger partial charge is 0.262 e. The number of ether oxygens (including phenoxy) is 1. The summed E-state index contributed by atoms with van der Waals surface area (Å²) >= 11 is 13.5. The van der Waals surface area contributed by atoms with E-state index < -0.39 is 0 Å². The van der Waals surface area contributed by atoms with Crippen LogP contribution in [0.3, 0.4) is 0 Å². The molecule has 0 saturated heterocycles. The zero-order valence-corrected chi connectivity index (χ0v) is 19.8. The number of amides is 2. The quantitative estimate of drug-likeness (QED) is 0.288. The molecule has 33 heavy (non-hydrogen) atoms. The molecule has 170 valence electrons. The van der Waals surface area contributed by atoms with Crippen LogP contribution >= 0.6 is 35.0 Å². The molecule has 0 spiro atoms. The monoisotopic (exact) mass is 501 g/mol. The Hall–Kier alpha value is -3.00. The third-order valence-electron chi connectivity index (χ3n) is 4.21. The van der Waals surface area contributed by atoms with Gasteiger partial charge in [0, 0.05) is 21.5 Å². The predicted octanol–water partition coefficient (Wildman–Crippen LogP) is 5.39. The van der Waals surface area contributed by atoms with Crippen molar-refractivity contribution >= 4 is 58.7 Å². The summed E-state index contributed by atoms with van der Waals surface area (Å²) in [6.07, 6.45) is 1.53. The maximum atomic E-state index is 12.0. The summed E-state index contributed by atoms with van der Waals surface area (Å²) in [5, 5.41) is 7.91. The summed E-state index contributed by atoms with van der Waals surface area (Å²) in [4.78, 5) is 23.9. The van der Waals surface area contributed by atoms with Crippen molar-refractivity contribution in [2.75, 3.05) is 17.7 Å². The van der Waals surface area contributed by atoms with Gasteiger partial charge in [0.25, 0.3) is 5.91 Å². The van der Waals surface area contributed by atoms with E-state index in [4.69, 9.17) is 27.9 Å². The molecule has 3 rings (SSSR count). The number of anilines is 1. The standard InChI is InChI=1S/C24H21Cl2N3O3S/c25-19-5-3-6-20(12-19)28-23(30)14-32-21-10-8-17(9-11-21)13-27-29-24(31)16-33-15-18-4-1-2-7-22(18)26/h1-13H,14-16H2,(H,28,30)(H,29,31)/b27-13-. The van der Waals surface area contributed by atoms with Crippen LogP contribution in [0, 0.1) is 0 Å². The van der Waals surface area contributed by atoms with E-state index in [-0.39, 0.29) is 24.2 Å². The first kappa shape index (κ1) is 24.6. The number of hydrogen-bond acceptors (Lipinski definition) is 5. The summed E-state index contributed by atoms with van der Waals surface area (Å²) in [7, 11) is 0. The maximum absolute atomic E-state index is 12.0. The van der Waals surface area contributed by atoms with Crippen LogP contribution in [0.1, 0.15) is 11.1 Å². The van der Waals surface area contributed by atoms with Gasteiger partial charge in [-0.05, 0) is 59.7 Å². The predicted molar refractivity (Wildman–Crippen MR) is 135 cm³/mol. The number of nitrogens with one attached hydrogen (secondary N) is 2. The number of benzene rings is 3. The number of carbonyl (C=O) groups is 2. The molecule has 0 unspecified atom stereocenters. The van der Waals surface area contributed by atoms with Crippen molar-refractivity contribution in [3.63, 3.8) is 0 Å². The minimum atomic E-state index is -0.293. The Morgan fingerprint density at radius 3 is 2.52 bits per heavy atom. The SMILES string of the molecule is O=C(CSCc1ccccc1Cl)N/N=C\c1ccc(OCC(=O)Nc2cccc(Cl)c2)cc1. The molecule has 0 aromatic heterocycles. The lowest BCUT2D eigenvalue weighted by Crippen LogP contribution is -2.20. The molecule has 3 aromatic carbocycles. The third kappa shape index (κ3) is 8.81. The molecule has 0 fully saturated rings. The average molecular weight is 502 g/mol. The fourth-order valence-corrected chi connectivity index (χ4v) is 3.94. The van der Waals surface area contributed by atoms with E-state index in [1.807, 2.05) is 24.3 Å². The Kier molecular flexibility index (Phi) is 9.62. The van der Waals surface area contributed by atoms with Gasteiger partial charge in [-0.1, -0.05) is 47.5 Å². The van der Waals surface area contributed by atoms with Gasteiger partial charge in [0.2, 0.25) is 5.91 Å². The largest absolute Gasteiger partial charge is 0.484 e. The van der Waals surface area contributed by atoms with E-state index in [2.05, 4.69) is 15.8 Å². The van der Waals surface area contributed by atoms with Crippen LogP contribution in [0.4, 0.5) is 5.69 Å². The van der Waals surface area contributed by atoms with Gasteiger partial charge >= 0.3 is 0 Å². The molecule has 2 amide bonds. The highest BCUT2D eigenvalue weighted by Gasteiger charge is 2.05. The highest BCUT2D eigenvalue weighted by Crippen LogP contribution is 2.20. The van der Waals surface area contributed by atoms with Gasteiger partial charge in [-0.2, -0.15) is 5.10 Å². The van der Waals surface area contributed by atoms with Crippen LogP contribution in [0.15, 0.2) is 77.9 Å². The molecule has 0 aliphatic heterocycles. The highest BCUT2D eigenvalue weighted by molar-refractivity contribution is 7.99. The van der Waals surface area contributed by atoms with Crippen LogP contribution in [-0.4, -0.2) is 30.4 Å². The molecular weight excluding hydrogens is 481 g/mol. The number of rotatable bonds is 10. The van der Waals surface area contributed by atoms with Gasteiger partial charge in [-0.25, -0.2) is 5.43 Å². The highest BCUT2D eigenvalue weighted by atomic mass is 35.5. The molecular formula is C24H21Cl2N3O3S. The Morgan fingerprint density at radius 2 is 1.76 bits per heavy atom. The zero-order valence-electron chi connectivity index (χ0n) is 17.5. The van der Waals surface area contributed by atoms with E-state index in [0.717, 1.165) is 11.1 Å². The molecule has 0 bridgehead atoms. The molecule has 0 aliphatic rings. The van der Waals surface area contributed by atoms with Crippen molar-refractivity contribution in [2.24, 2.45) is 5.10 Å². The molecule has 9 heteroatoms. The number of hydrazone groups is 1. The Bertz CT molecular complexity index is 1120. The van der Waals surface area contributed by atoms with Gasteiger partial charge in [-0.15, -0.1) is 11.8 Å². The lowest BCUT2D eigenvalue weighted by molar-refractivity contribution is -0.119. The second-order valence-electron chi connectivity index (χ2n) is 6.79. The number of thioether (sulfide) groups is 1. The molecule has 3 aromatic rings. The molecule has 0 heterocycles. The molecule has 0 atom stereocenters. The first-order valence-corrected chi connectivity index (χ1v) is 11.8. The summed E-state index contributed by atoms with van der Waals surface area (Å²) < 4.78 is 5.49. The molecule has 0 radical (unpaired) electrons. The fourth-order valence-electron chi connectivity index (χ4n) is 2.64. The van der Waals surface area contributed by atoms with Crippen molar-refractivity contribution in [1.82, 2.24) is 5.43 Å². The Balaban J connectivity index is 1.36. The Labute approximate surface area is 206 Å².